The van der Waals surface area contributed by atoms with Crippen LogP contribution in [0.1, 0.15) is 44.6 Å². The molecule has 30 heavy (non-hydrogen) atoms. The minimum atomic E-state index is -0.435. The number of halogens is 2. The predicted molar refractivity (Wildman–Crippen MR) is 119 cm³/mol. The molecule has 0 amide bonds. The van der Waals surface area contributed by atoms with Gasteiger partial charge in [-0.25, -0.2) is 14.4 Å². The van der Waals surface area contributed by atoms with Gasteiger partial charge < -0.3 is 10.1 Å². The van der Waals surface area contributed by atoms with Gasteiger partial charge in [0.05, 0.1) is 18.4 Å². The molecule has 0 spiro atoms. The van der Waals surface area contributed by atoms with Gasteiger partial charge in [0.2, 0.25) is 0 Å². The summed E-state index contributed by atoms with van der Waals surface area (Å²) >= 11 is 6.04. The molecular formula is C23H26ClFN4O. The number of benzene rings is 1. The van der Waals surface area contributed by atoms with Crippen LogP contribution >= 0.6 is 11.6 Å². The molecule has 0 bridgehead atoms. The molecule has 0 unspecified atom stereocenters. The molecule has 2 aromatic heterocycles. The summed E-state index contributed by atoms with van der Waals surface area (Å²) in [4.78, 5) is 13.0. The Balaban J connectivity index is 1.86. The average molecular weight is 429 g/mol. The lowest BCUT2D eigenvalue weighted by Crippen LogP contribution is -2.05. The first-order valence-electron chi connectivity index (χ1n) is 10.2. The molecule has 2 heterocycles. The Hall–Kier alpha value is -2.73. The van der Waals surface area contributed by atoms with Crippen LogP contribution in [-0.4, -0.2) is 21.6 Å². The summed E-state index contributed by atoms with van der Waals surface area (Å²) in [6.07, 6.45) is 10.7. The van der Waals surface area contributed by atoms with Crippen molar-refractivity contribution >= 4 is 23.1 Å². The molecule has 0 aliphatic rings. The van der Waals surface area contributed by atoms with E-state index in [0.29, 0.717) is 23.2 Å². The third-order valence-electron chi connectivity index (χ3n) is 4.70. The number of rotatable bonds is 10. The molecule has 0 radical (unpaired) electrons. The Morgan fingerprint density at radius 2 is 1.93 bits per heavy atom. The van der Waals surface area contributed by atoms with E-state index in [1.807, 2.05) is 13.0 Å². The van der Waals surface area contributed by atoms with E-state index in [1.165, 1.54) is 37.5 Å². The number of pyridine rings is 1. The van der Waals surface area contributed by atoms with E-state index < -0.39 is 5.82 Å². The van der Waals surface area contributed by atoms with E-state index in [9.17, 15) is 4.39 Å². The van der Waals surface area contributed by atoms with E-state index in [-0.39, 0.29) is 11.4 Å². The molecule has 0 saturated carbocycles. The van der Waals surface area contributed by atoms with Crippen LogP contribution in [-0.2, 0) is 0 Å². The van der Waals surface area contributed by atoms with Gasteiger partial charge in [-0.1, -0.05) is 44.2 Å². The summed E-state index contributed by atoms with van der Waals surface area (Å²) in [6.45, 7) is 4.71. The molecule has 158 valence electrons. The van der Waals surface area contributed by atoms with Crippen LogP contribution in [0.3, 0.4) is 0 Å². The zero-order chi connectivity index (χ0) is 21.3. The second kappa shape index (κ2) is 10.9. The Morgan fingerprint density at radius 1 is 1.10 bits per heavy atom. The molecule has 3 rings (SSSR count). The highest BCUT2D eigenvalue weighted by molar-refractivity contribution is 6.30. The van der Waals surface area contributed by atoms with E-state index in [1.54, 1.807) is 18.6 Å². The van der Waals surface area contributed by atoms with Gasteiger partial charge in [0.15, 0.2) is 17.4 Å². The SMILES string of the molecule is CCCCCCCOc1cnc(-c2cc(Cl)ccc2F)nc1Nc1ccncc1C. The van der Waals surface area contributed by atoms with E-state index in [0.717, 1.165) is 24.1 Å². The maximum Gasteiger partial charge on any atom is 0.180 e. The maximum absolute atomic E-state index is 14.3. The third kappa shape index (κ3) is 5.89. The first kappa shape index (κ1) is 22.0. The van der Waals surface area contributed by atoms with Crippen molar-refractivity contribution in [3.05, 3.63) is 59.3 Å². The van der Waals surface area contributed by atoms with Crippen molar-refractivity contribution in [2.24, 2.45) is 0 Å². The van der Waals surface area contributed by atoms with Gasteiger partial charge in [0, 0.05) is 23.1 Å². The van der Waals surface area contributed by atoms with Gasteiger partial charge >= 0.3 is 0 Å². The van der Waals surface area contributed by atoms with Crippen molar-refractivity contribution in [1.82, 2.24) is 15.0 Å². The summed E-state index contributed by atoms with van der Waals surface area (Å²) in [5.41, 5.74) is 2.04. The number of hydrogen-bond donors (Lipinski definition) is 1. The number of nitrogens with one attached hydrogen (secondary N) is 1. The normalized spacial score (nSPS) is 10.8. The summed E-state index contributed by atoms with van der Waals surface area (Å²) < 4.78 is 20.3. The molecule has 3 aromatic rings. The van der Waals surface area contributed by atoms with E-state index >= 15 is 0 Å². The lowest BCUT2D eigenvalue weighted by atomic mass is 10.2. The number of unbranched alkanes of at least 4 members (excludes halogenated alkanes) is 4. The molecule has 7 heteroatoms. The van der Waals surface area contributed by atoms with E-state index in [2.05, 4.69) is 27.2 Å². The first-order valence-corrected chi connectivity index (χ1v) is 10.6. The standard InChI is InChI=1S/C23H26ClFN4O/c1-3-4-5-6-7-12-30-21-15-27-22(18-13-17(24)8-9-19(18)25)29-23(21)28-20-10-11-26-14-16(20)2/h8-11,13-15H,3-7,12H2,1-2H3,(H,26,27,28,29). The van der Waals surface area contributed by atoms with Gasteiger partial charge in [0.1, 0.15) is 5.82 Å². The van der Waals surface area contributed by atoms with Gasteiger partial charge in [-0.2, -0.15) is 0 Å². The zero-order valence-corrected chi connectivity index (χ0v) is 18.0. The largest absolute Gasteiger partial charge is 0.488 e. The number of ether oxygens (including phenoxy) is 1. The van der Waals surface area contributed by atoms with Crippen molar-refractivity contribution in [2.75, 3.05) is 11.9 Å². The average Bonchev–Trinajstić information content (AvgIpc) is 2.75. The quantitative estimate of drug-likeness (QED) is 0.362. The molecule has 0 aliphatic carbocycles. The number of hydrogen-bond acceptors (Lipinski definition) is 5. The number of anilines is 2. The van der Waals surface area contributed by atoms with Crippen LogP contribution in [0.25, 0.3) is 11.4 Å². The number of aromatic nitrogens is 3. The minimum Gasteiger partial charge on any atom is -0.488 e. The van der Waals surface area contributed by atoms with Crippen LogP contribution in [0.4, 0.5) is 15.9 Å². The van der Waals surface area contributed by atoms with Crippen molar-refractivity contribution in [1.29, 1.82) is 0 Å². The second-order valence-corrected chi connectivity index (χ2v) is 7.55. The van der Waals surface area contributed by atoms with Gasteiger partial charge in [0.25, 0.3) is 0 Å². The summed E-state index contributed by atoms with van der Waals surface area (Å²) in [5, 5.41) is 3.69. The number of aryl methyl sites for hydroxylation is 1. The zero-order valence-electron chi connectivity index (χ0n) is 17.3. The number of nitrogens with zero attached hydrogens (tertiary/aromatic N) is 3. The van der Waals surface area contributed by atoms with Crippen LogP contribution in [0, 0.1) is 12.7 Å². The molecule has 0 fully saturated rings. The monoisotopic (exact) mass is 428 g/mol. The smallest absolute Gasteiger partial charge is 0.180 e. The summed E-state index contributed by atoms with van der Waals surface area (Å²) in [5.74, 6) is 0.796. The van der Waals surface area contributed by atoms with Crippen molar-refractivity contribution in [3.8, 4) is 17.1 Å². The highest BCUT2D eigenvalue weighted by Gasteiger charge is 2.15. The van der Waals surface area contributed by atoms with Crippen LogP contribution in [0.5, 0.6) is 5.75 Å². The Bertz CT molecular complexity index is 983. The Labute approximate surface area is 181 Å². The van der Waals surface area contributed by atoms with Crippen LogP contribution in [0.15, 0.2) is 42.9 Å². The highest BCUT2D eigenvalue weighted by atomic mass is 35.5. The van der Waals surface area contributed by atoms with E-state index in [4.69, 9.17) is 16.3 Å². The van der Waals surface area contributed by atoms with Gasteiger partial charge in [-0.15, -0.1) is 0 Å². The third-order valence-corrected chi connectivity index (χ3v) is 4.94. The maximum atomic E-state index is 14.3. The van der Waals surface area contributed by atoms with Crippen molar-refractivity contribution in [2.45, 2.75) is 46.0 Å². The Morgan fingerprint density at radius 3 is 2.73 bits per heavy atom. The fraction of sp³-hybridized carbons (Fsp3) is 0.348. The topological polar surface area (TPSA) is 59.9 Å². The Kier molecular flexibility index (Phi) is 7.97. The molecular weight excluding hydrogens is 403 g/mol. The van der Waals surface area contributed by atoms with Crippen LogP contribution < -0.4 is 10.1 Å². The summed E-state index contributed by atoms with van der Waals surface area (Å²) in [7, 11) is 0. The molecule has 1 N–H and O–H groups in total. The lowest BCUT2D eigenvalue weighted by Gasteiger charge is -2.15. The van der Waals surface area contributed by atoms with Crippen molar-refractivity contribution in [3.63, 3.8) is 0 Å². The minimum absolute atomic E-state index is 0.236. The lowest BCUT2D eigenvalue weighted by molar-refractivity contribution is 0.304. The molecule has 0 saturated heterocycles. The summed E-state index contributed by atoms with van der Waals surface area (Å²) in [6, 6.07) is 6.17. The predicted octanol–water partition coefficient (Wildman–Crippen LogP) is 6.73. The molecule has 0 atom stereocenters. The van der Waals surface area contributed by atoms with Gasteiger partial charge in [-0.05, 0) is 43.2 Å². The first-order chi connectivity index (χ1) is 14.6. The van der Waals surface area contributed by atoms with Crippen molar-refractivity contribution < 1.29 is 9.13 Å². The fourth-order valence-electron chi connectivity index (χ4n) is 2.99. The van der Waals surface area contributed by atoms with Gasteiger partial charge in [-0.3, -0.25) is 4.98 Å². The second-order valence-electron chi connectivity index (χ2n) is 7.11. The molecule has 5 nitrogen and oxygen atoms in total. The fourth-order valence-corrected chi connectivity index (χ4v) is 3.17. The molecule has 1 aromatic carbocycles. The highest BCUT2D eigenvalue weighted by Crippen LogP contribution is 2.31. The molecule has 0 aliphatic heterocycles. The van der Waals surface area contributed by atoms with Crippen LogP contribution in [0.2, 0.25) is 5.02 Å².